The molecule has 1 amide bonds. The zero-order valence-electron chi connectivity index (χ0n) is 16.1. The fraction of sp³-hybridized carbons (Fsp3) is 0.0909. The SMILES string of the molecule is C=C(C)C(=C)C.[CH3-].[CH3-].[NH-]C=O.[Si].[Ti+4].c1ccc2c(c1)[cH-]c1ccccc12. The third-order valence-electron chi connectivity index (χ3n) is 3.25. The number of hydrogen-bond donors (Lipinski definition) is 0. The van der Waals surface area contributed by atoms with E-state index in [1.807, 2.05) is 13.8 Å². The van der Waals surface area contributed by atoms with Crippen LogP contribution < -0.4 is 0 Å². The monoisotopic (exact) mass is 397 g/mol. The number of amides is 1. The predicted molar refractivity (Wildman–Crippen MR) is 116 cm³/mol. The predicted octanol–water partition coefficient (Wildman–Crippen LogP) is 6.56. The third-order valence-corrected chi connectivity index (χ3v) is 3.25. The molecule has 0 unspecified atom stereocenters. The summed E-state index contributed by atoms with van der Waals surface area (Å²) in [6.45, 7) is 11.2. The number of fused-ring (bicyclic) bond motifs is 3. The van der Waals surface area contributed by atoms with E-state index in [9.17, 15) is 0 Å². The fourth-order valence-electron chi connectivity index (χ4n) is 1.90. The van der Waals surface area contributed by atoms with Gasteiger partial charge in [0.2, 0.25) is 0 Å². The van der Waals surface area contributed by atoms with Crippen LogP contribution >= 0.6 is 0 Å². The first kappa shape index (κ1) is 31.9. The number of carbonyl (C=O) groups is 1. The van der Waals surface area contributed by atoms with Crippen LogP contribution in [0.3, 0.4) is 0 Å². The summed E-state index contributed by atoms with van der Waals surface area (Å²) in [4.78, 5) is 8.47. The van der Waals surface area contributed by atoms with Gasteiger partial charge in [-0.25, -0.2) is 0 Å². The van der Waals surface area contributed by atoms with Crippen LogP contribution in [0.1, 0.15) is 13.8 Å². The molecule has 2 nitrogen and oxygen atoms in total. The van der Waals surface area contributed by atoms with Crippen LogP contribution in [0.15, 0.2) is 78.9 Å². The number of carbonyl (C=O) groups excluding carboxylic acids is 1. The van der Waals surface area contributed by atoms with Gasteiger partial charge in [0.05, 0.1) is 0 Å². The first-order valence-corrected chi connectivity index (χ1v) is 6.96. The Morgan fingerprint density at radius 3 is 1.42 bits per heavy atom. The van der Waals surface area contributed by atoms with Crippen LogP contribution in [0, 0.1) is 14.9 Å². The maximum atomic E-state index is 8.47. The van der Waals surface area contributed by atoms with Gasteiger partial charge in [-0.3, -0.25) is 0 Å². The number of rotatable bonds is 1. The van der Waals surface area contributed by atoms with Crippen LogP contribution in [-0.4, -0.2) is 17.4 Å². The Bertz CT molecular complexity index is 731. The summed E-state index contributed by atoms with van der Waals surface area (Å²) in [5.41, 5.74) is 7.66. The van der Waals surface area contributed by atoms with Gasteiger partial charge in [-0.15, -0.1) is 39.7 Å². The topological polar surface area (TPSA) is 40.9 Å². The first-order chi connectivity index (χ1) is 10.5. The van der Waals surface area contributed by atoms with Crippen molar-refractivity contribution in [2.24, 2.45) is 0 Å². The van der Waals surface area contributed by atoms with E-state index in [0.717, 1.165) is 11.1 Å². The molecule has 0 saturated carbocycles. The molecule has 4 heteroatoms. The van der Waals surface area contributed by atoms with E-state index in [2.05, 4.69) is 67.8 Å². The standard InChI is InChI=1S/C13H9.C6H10.CH3NO.2CH3.Si.Ti/c1-3-7-12-10(5-1)9-11-6-2-4-8-13(11)12;1-5(2)6(3)4;2-1-3;;;;/h1-9H;1,3H2,2,4H3;1H,(H2,2,3);2*1H3;;/q-1;;;2*-1;;+4/p-1. The van der Waals surface area contributed by atoms with E-state index in [4.69, 9.17) is 10.5 Å². The smallest absolute Gasteiger partial charge is 0.671 e. The largest absolute Gasteiger partial charge is 4.00 e. The van der Waals surface area contributed by atoms with Crippen molar-refractivity contribution in [3.63, 3.8) is 0 Å². The molecule has 4 radical (unpaired) electrons. The number of nitrogens with one attached hydrogen (secondary N) is 1. The van der Waals surface area contributed by atoms with E-state index < -0.39 is 0 Å². The van der Waals surface area contributed by atoms with E-state index in [1.165, 1.54) is 21.5 Å². The average molecular weight is 397 g/mol. The summed E-state index contributed by atoms with van der Waals surface area (Å²) in [6, 6.07) is 19.3. The number of hydrogen-bond acceptors (Lipinski definition) is 1. The van der Waals surface area contributed by atoms with Crippen molar-refractivity contribution in [1.82, 2.24) is 0 Å². The van der Waals surface area contributed by atoms with Crippen molar-refractivity contribution in [3.05, 3.63) is 99.5 Å². The van der Waals surface area contributed by atoms with Gasteiger partial charge in [0.25, 0.3) is 0 Å². The van der Waals surface area contributed by atoms with Gasteiger partial charge in [-0.2, -0.15) is 0 Å². The Morgan fingerprint density at radius 1 is 0.885 bits per heavy atom. The average Bonchev–Trinajstić information content (AvgIpc) is 2.87. The summed E-state index contributed by atoms with van der Waals surface area (Å²) >= 11 is 0. The minimum absolute atomic E-state index is 0. The molecule has 0 aromatic heterocycles. The minimum atomic E-state index is 0. The molecule has 134 valence electrons. The maximum Gasteiger partial charge on any atom is 4.00 e. The summed E-state index contributed by atoms with van der Waals surface area (Å²) in [7, 11) is 0. The quantitative estimate of drug-likeness (QED) is 0.198. The Balaban J connectivity index is -0.000000164. The molecule has 3 aromatic rings. The molecule has 0 aliphatic heterocycles. The van der Waals surface area contributed by atoms with Crippen LogP contribution in [0.2, 0.25) is 0 Å². The zero-order chi connectivity index (χ0) is 16.5. The van der Waals surface area contributed by atoms with Crippen LogP contribution in [0.5, 0.6) is 0 Å². The van der Waals surface area contributed by atoms with E-state index >= 15 is 0 Å². The van der Waals surface area contributed by atoms with Gasteiger partial charge < -0.3 is 25.4 Å². The summed E-state index contributed by atoms with van der Waals surface area (Å²) in [5, 5.41) is 5.39. The van der Waals surface area contributed by atoms with Crippen molar-refractivity contribution in [2.45, 2.75) is 13.8 Å². The van der Waals surface area contributed by atoms with E-state index in [1.54, 1.807) is 0 Å². The van der Waals surface area contributed by atoms with E-state index in [0.29, 0.717) is 0 Å². The Kier molecular flexibility index (Phi) is 20.4. The Hall–Kier alpha value is -1.81. The van der Waals surface area contributed by atoms with Gasteiger partial charge in [-0.1, -0.05) is 60.7 Å². The van der Waals surface area contributed by atoms with Gasteiger partial charge in [0, 0.05) is 17.4 Å². The summed E-state index contributed by atoms with van der Waals surface area (Å²) < 4.78 is 0. The normalized spacial score (nSPS) is 7.77. The van der Waals surface area contributed by atoms with Crippen LogP contribution in [0.4, 0.5) is 0 Å². The molecule has 0 atom stereocenters. The third kappa shape index (κ3) is 9.62. The molecule has 1 N–H and O–H groups in total. The first-order valence-electron chi connectivity index (χ1n) is 6.96. The molecular formula is C22H27NOSiTi. The van der Waals surface area contributed by atoms with Crippen molar-refractivity contribution < 1.29 is 26.5 Å². The molecule has 0 spiro atoms. The second-order valence-corrected chi connectivity index (χ2v) is 5.00. The molecule has 0 heterocycles. The molecule has 26 heavy (non-hydrogen) atoms. The van der Waals surface area contributed by atoms with Crippen molar-refractivity contribution in [1.29, 1.82) is 0 Å². The van der Waals surface area contributed by atoms with Crippen LogP contribution in [-0.2, 0) is 26.5 Å². The van der Waals surface area contributed by atoms with Gasteiger partial charge in [0.1, 0.15) is 0 Å². The zero-order valence-corrected chi connectivity index (χ0v) is 18.7. The Morgan fingerprint density at radius 2 is 1.15 bits per heavy atom. The van der Waals surface area contributed by atoms with Crippen molar-refractivity contribution in [2.75, 3.05) is 0 Å². The molecule has 0 bridgehead atoms. The summed E-state index contributed by atoms with van der Waals surface area (Å²) in [5.74, 6) is 0. The van der Waals surface area contributed by atoms with Crippen molar-refractivity contribution >= 4 is 38.9 Å². The number of allylic oxidation sites excluding steroid dienone is 2. The van der Waals surface area contributed by atoms with Gasteiger partial charge in [-0.05, 0) is 13.8 Å². The maximum absolute atomic E-state index is 8.47. The molecule has 0 aliphatic rings. The molecule has 3 aromatic carbocycles. The molecule has 0 fully saturated rings. The van der Waals surface area contributed by atoms with E-state index in [-0.39, 0.29) is 53.9 Å². The number of benzene rings is 2. The second kappa shape index (κ2) is 16.6. The molecular weight excluding hydrogens is 370 g/mol. The fourth-order valence-corrected chi connectivity index (χ4v) is 1.90. The van der Waals surface area contributed by atoms with Gasteiger partial charge >= 0.3 is 21.7 Å². The van der Waals surface area contributed by atoms with Gasteiger partial charge in [0.15, 0.2) is 0 Å². The molecule has 0 aliphatic carbocycles. The Labute approximate surface area is 178 Å². The van der Waals surface area contributed by atoms with Crippen LogP contribution in [0.25, 0.3) is 27.3 Å². The summed E-state index contributed by atoms with van der Waals surface area (Å²) in [6.07, 6.45) is 0. The molecule has 3 rings (SSSR count). The second-order valence-electron chi connectivity index (χ2n) is 5.00. The molecule has 0 saturated heterocycles. The van der Waals surface area contributed by atoms with Crippen molar-refractivity contribution in [3.8, 4) is 0 Å². The minimum Gasteiger partial charge on any atom is -0.671 e.